The Hall–Kier alpha value is -2.56. The molecule has 2 amide bonds. The highest BCUT2D eigenvalue weighted by Crippen LogP contribution is 2.32. The zero-order valence-corrected chi connectivity index (χ0v) is 14.1. The normalized spacial score (nSPS) is 20.3. The summed E-state index contributed by atoms with van der Waals surface area (Å²) in [5, 5.41) is 5.54. The fraction of sp³-hybridized carbons (Fsp3) is 0.368. The molecule has 3 atom stereocenters. The van der Waals surface area contributed by atoms with Gasteiger partial charge >= 0.3 is 0 Å². The Bertz CT molecular complexity index is 751. The summed E-state index contributed by atoms with van der Waals surface area (Å²) in [6.07, 6.45) is 0.996. The molecule has 5 nitrogen and oxygen atoms in total. The zero-order valence-electron chi connectivity index (χ0n) is 14.1. The largest absolute Gasteiger partial charge is 0.454 e. The highest BCUT2D eigenvalue weighted by molar-refractivity contribution is 5.99. The van der Waals surface area contributed by atoms with Crippen molar-refractivity contribution >= 4 is 11.8 Å². The van der Waals surface area contributed by atoms with Crippen molar-refractivity contribution in [2.45, 2.75) is 32.2 Å². The minimum atomic E-state index is -0.338. The first-order valence-corrected chi connectivity index (χ1v) is 8.23. The average molecular weight is 326 g/mol. The summed E-state index contributed by atoms with van der Waals surface area (Å²) < 4.78 is 5.76. The van der Waals surface area contributed by atoms with E-state index in [2.05, 4.69) is 17.6 Å². The zero-order chi connectivity index (χ0) is 17.3. The molecule has 5 heteroatoms. The van der Waals surface area contributed by atoms with Crippen LogP contribution in [0.5, 0.6) is 0 Å². The molecule has 1 aromatic carbocycles. The fourth-order valence-corrected chi connectivity index (χ4v) is 2.80. The second-order valence-electron chi connectivity index (χ2n) is 6.39. The van der Waals surface area contributed by atoms with Crippen LogP contribution in [-0.4, -0.2) is 24.9 Å². The SMILES string of the molecule is CNC(=O)c1cc(C(=O)N[C@H]2C[C@@H]2C)c([C@@H](C)c2ccccc2)o1. The lowest BCUT2D eigenvalue weighted by Crippen LogP contribution is -2.27. The summed E-state index contributed by atoms with van der Waals surface area (Å²) >= 11 is 0. The first-order valence-electron chi connectivity index (χ1n) is 8.23. The van der Waals surface area contributed by atoms with Crippen molar-refractivity contribution < 1.29 is 14.0 Å². The third kappa shape index (κ3) is 3.20. The third-order valence-electron chi connectivity index (χ3n) is 4.58. The molecule has 0 spiro atoms. The predicted molar refractivity (Wildman–Crippen MR) is 91.1 cm³/mol. The van der Waals surface area contributed by atoms with E-state index in [4.69, 9.17) is 4.42 Å². The topological polar surface area (TPSA) is 71.3 Å². The van der Waals surface area contributed by atoms with Gasteiger partial charge in [0.15, 0.2) is 5.76 Å². The van der Waals surface area contributed by atoms with Gasteiger partial charge in [-0.25, -0.2) is 0 Å². The van der Waals surface area contributed by atoms with Crippen LogP contribution in [0.1, 0.15) is 58.4 Å². The smallest absolute Gasteiger partial charge is 0.286 e. The first kappa shape index (κ1) is 16.3. The highest BCUT2D eigenvalue weighted by Gasteiger charge is 2.35. The monoisotopic (exact) mass is 326 g/mol. The Morgan fingerprint density at radius 1 is 1.21 bits per heavy atom. The molecule has 2 aromatic rings. The lowest BCUT2D eigenvalue weighted by atomic mass is 9.96. The molecule has 1 heterocycles. The molecule has 0 saturated heterocycles. The maximum absolute atomic E-state index is 12.6. The number of amides is 2. The van der Waals surface area contributed by atoms with Gasteiger partial charge in [-0.2, -0.15) is 0 Å². The second kappa shape index (κ2) is 6.51. The van der Waals surface area contributed by atoms with Crippen LogP contribution in [-0.2, 0) is 0 Å². The number of carbonyl (C=O) groups excluding carboxylic acids is 2. The lowest BCUT2D eigenvalue weighted by Gasteiger charge is -2.11. The third-order valence-corrected chi connectivity index (χ3v) is 4.58. The van der Waals surface area contributed by atoms with Gasteiger partial charge in [0.1, 0.15) is 5.76 Å². The Labute approximate surface area is 141 Å². The van der Waals surface area contributed by atoms with Crippen molar-refractivity contribution in [1.82, 2.24) is 10.6 Å². The minimum absolute atomic E-state index is 0.123. The number of nitrogens with one attached hydrogen (secondary N) is 2. The lowest BCUT2D eigenvalue weighted by molar-refractivity contribution is 0.0928. The van der Waals surface area contributed by atoms with Crippen molar-refractivity contribution in [3.63, 3.8) is 0 Å². The van der Waals surface area contributed by atoms with Crippen molar-refractivity contribution in [2.24, 2.45) is 5.92 Å². The van der Waals surface area contributed by atoms with Crippen molar-refractivity contribution in [1.29, 1.82) is 0 Å². The van der Waals surface area contributed by atoms with E-state index >= 15 is 0 Å². The van der Waals surface area contributed by atoms with E-state index in [-0.39, 0.29) is 29.5 Å². The molecule has 0 radical (unpaired) electrons. The molecule has 2 N–H and O–H groups in total. The maximum Gasteiger partial charge on any atom is 0.286 e. The molecule has 1 aromatic heterocycles. The highest BCUT2D eigenvalue weighted by atomic mass is 16.4. The van der Waals surface area contributed by atoms with E-state index in [9.17, 15) is 9.59 Å². The van der Waals surface area contributed by atoms with E-state index in [1.807, 2.05) is 37.3 Å². The van der Waals surface area contributed by atoms with Gasteiger partial charge < -0.3 is 15.1 Å². The van der Waals surface area contributed by atoms with E-state index in [0.29, 0.717) is 17.2 Å². The van der Waals surface area contributed by atoms with Crippen LogP contribution in [0, 0.1) is 5.92 Å². The van der Waals surface area contributed by atoms with Crippen molar-refractivity contribution in [3.8, 4) is 0 Å². The molecular weight excluding hydrogens is 304 g/mol. The number of furan rings is 1. The van der Waals surface area contributed by atoms with Gasteiger partial charge in [-0.15, -0.1) is 0 Å². The molecule has 3 rings (SSSR count). The number of hydrogen-bond donors (Lipinski definition) is 2. The van der Waals surface area contributed by atoms with E-state index in [0.717, 1.165) is 12.0 Å². The summed E-state index contributed by atoms with van der Waals surface area (Å²) in [4.78, 5) is 24.5. The molecule has 24 heavy (non-hydrogen) atoms. The second-order valence-corrected chi connectivity index (χ2v) is 6.39. The molecule has 126 valence electrons. The molecule has 1 aliphatic rings. The van der Waals surface area contributed by atoms with Crippen molar-refractivity contribution in [3.05, 3.63) is 59.0 Å². The predicted octanol–water partition coefficient (Wildman–Crippen LogP) is 2.93. The van der Waals surface area contributed by atoms with Crippen LogP contribution in [0.3, 0.4) is 0 Å². The molecule has 0 aliphatic heterocycles. The molecule has 0 unspecified atom stereocenters. The van der Waals surface area contributed by atoms with Crippen LogP contribution >= 0.6 is 0 Å². The Balaban J connectivity index is 1.94. The minimum Gasteiger partial charge on any atom is -0.454 e. The van der Waals surface area contributed by atoms with E-state index < -0.39 is 0 Å². The number of rotatable bonds is 5. The van der Waals surface area contributed by atoms with Crippen LogP contribution in [0.25, 0.3) is 0 Å². The summed E-state index contributed by atoms with van der Waals surface area (Å²) in [5.41, 5.74) is 1.47. The van der Waals surface area contributed by atoms with Gasteiger partial charge in [0.05, 0.1) is 5.56 Å². The van der Waals surface area contributed by atoms with Gasteiger partial charge in [-0.05, 0) is 17.9 Å². The average Bonchev–Trinajstić information content (AvgIpc) is 3.12. The molecular formula is C19H22N2O3. The van der Waals surface area contributed by atoms with Gasteiger partial charge in [0.2, 0.25) is 0 Å². The van der Waals surface area contributed by atoms with Crippen LogP contribution < -0.4 is 10.6 Å². The fourth-order valence-electron chi connectivity index (χ4n) is 2.80. The Morgan fingerprint density at radius 3 is 2.46 bits per heavy atom. The van der Waals surface area contributed by atoms with Crippen molar-refractivity contribution in [2.75, 3.05) is 7.05 Å². The number of hydrogen-bond acceptors (Lipinski definition) is 3. The Kier molecular flexibility index (Phi) is 4.42. The quantitative estimate of drug-likeness (QED) is 0.887. The van der Waals surface area contributed by atoms with Gasteiger partial charge in [0, 0.05) is 25.1 Å². The van der Waals surface area contributed by atoms with Gasteiger partial charge in [-0.1, -0.05) is 44.2 Å². The molecule has 1 aliphatic carbocycles. The van der Waals surface area contributed by atoms with Crippen LogP contribution in [0.4, 0.5) is 0 Å². The van der Waals surface area contributed by atoms with Crippen LogP contribution in [0.15, 0.2) is 40.8 Å². The standard InChI is InChI=1S/C19H22N2O3/c1-11-9-15(11)21-18(22)14-10-16(19(23)20-3)24-17(14)12(2)13-7-5-4-6-8-13/h4-8,10-12,15H,9H2,1-3H3,(H,20,23)(H,21,22)/t11-,12-,15-/m0/s1. The van der Waals surface area contributed by atoms with Gasteiger partial charge in [0.25, 0.3) is 11.8 Å². The number of carbonyl (C=O) groups is 2. The molecule has 0 bridgehead atoms. The number of benzene rings is 1. The summed E-state index contributed by atoms with van der Waals surface area (Å²) in [5.74, 6) is 0.544. The molecule has 1 saturated carbocycles. The summed E-state index contributed by atoms with van der Waals surface area (Å²) in [7, 11) is 1.54. The summed E-state index contributed by atoms with van der Waals surface area (Å²) in [6, 6.07) is 11.6. The summed E-state index contributed by atoms with van der Waals surface area (Å²) in [6.45, 7) is 4.07. The van der Waals surface area contributed by atoms with Gasteiger partial charge in [-0.3, -0.25) is 9.59 Å². The maximum atomic E-state index is 12.6. The first-order chi connectivity index (χ1) is 11.5. The Morgan fingerprint density at radius 2 is 1.88 bits per heavy atom. The molecule has 1 fully saturated rings. The van der Waals surface area contributed by atoms with E-state index in [1.54, 1.807) is 0 Å². The van der Waals surface area contributed by atoms with E-state index in [1.165, 1.54) is 13.1 Å². The van der Waals surface area contributed by atoms with Crippen LogP contribution in [0.2, 0.25) is 0 Å².